The summed E-state index contributed by atoms with van der Waals surface area (Å²) >= 11 is 0. The topological polar surface area (TPSA) is 9.23 Å². The Morgan fingerprint density at radius 1 is 0.833 bits per heavy atom. The van der Waals surface area contributed by atoms with Crippen LogP contribution in [-0.2, 0) is 0 Å². The van der Waals surface area contributed by atoms with Gasteiger partial charge in [-0.15, -0.1) is 0 Å². The quantitative estimate of drug-likeness (QED) is 0.246. The van der Waals surface area contributed by atoms with Crippen molar-refractivity contribution >= 4 is 0 Å². The predicted octanol–water partition coefficient (Wildman–Crippen LogP) is 9.08. The highest BCUT2D eigenvalue weighted by Crippen LogP contribution is 2.44. The first-order valence-corrected chi connectivity index (χ1v) is 13.2. The molecule has 0 aromatic heterocycles. The first-order valence-electron chi connectivity index (χ1n) is 13.2. The summed E-state index contributed by atoms with van der Waals surface area (Å²) in [6.07, 6.45) is 23.9. The molecule has 0 spiro atoms. The maximum atomic E-state index is 5.98. The highest BCUT2D eigenvalue weighted by Gasteiger charge is 2.30. The van der Waals surface area contributed by atoms with Gasteiger partial charge < -0.3 is 4.74 Å². The number of benzene rings is 1. The fraction of sp³-hybridized carbons (Fsp3) is 0.724. The van der Waals surface area contributed by atoms with E-state index in [0.29, 0.717) is 0 Å². The number of ether oxygens (including phenoxy) is 1. The van der Waals surface area contributed by atoms with E-state index in [4.69, 9.17) is 4.74 Å². The summed E-state index contributed by atoms with van der Waals surface area (Å²) in [5, 5.41) is 0. The van der Waals surface area contributed by atoms with Gasteiger partial charge in [0.05, 0.1) is 6.61 Å². The van der Waals surface area contributed by atoms with Crippen LogP contribution in [0.1, 0.15) is 115 Å². The second-order valence-electron chi connectivity index (χ2n) is 10.0. The summed E-state index contributed by atoms with van der Waals surface area (Å²) in [6.45, 7) is 5.43. The van der Waals surface area contributed by atoms with Crippen molar-refractivity contribution in [2.45, 2.75) is 110 Å². The van der Waals surface area contributed by atoms with Crippen LogP contribution >= 0.6 is 0 Å². The number of allylic oxidation sites excluding steroid dienone is 2. The van der Waals surface area contributed by atoms with Crippen molar-refractivity contribution in [3.63, 3.8) is 0 Å². The highest BCUT2D eigenvalue weighted by molar-refractivity contribution is 5.30. The molecule has 0 bridgehead atoms. The molecule has 2 aliphatic carbocycles. The minimum atomic E-state index is 0.739. The third-order valence-electron chi connectivity index (χ3n) is 7.72. The summed E-state index contributed by atoms with van der Waals surface area (Å²) in [7, 11) is 0. The molecule has 2 unspecified atom stereocenters. The summed E-state index contributed by atoms with van der Waals surface area (Å²) in [4.78, 5) is 0. The largest absolute Gasteiger partial charge is 0.494 e. The van der Waals surface area contributed by atoms with Gasteiger partial charge in [-0.2, -0.15) is 0 Å². The van der Waals surface area contributed by atoms with Gasteiger partial charge in [0.2, 0.25) is 0 Å². The Labute approximate surface area is 186 Å². The number of rotatable bonds is 12. The fourth-order valence-corrected chi connectivity index (χ4v) is 5.76. The zero-order chi connectivity index (χ0) is 21.0. The van der Waals surface area contributed by atoms with Crippen molar-refractivity contribution in [1.82, 2.24) is 0 Å². The molecule has 1 saturated carbocycles. The van der Waals surface area contributed by atoms with Gasteiger partial charge >= 0.3 is 0 Å². The van der Waals surface area contributed by atoms with Gasteiger partial charge in [-0.1, -0.05) is 83.1 Å². The van der Waals surface area contributed by atoms with Crippen molar-refractivity contribution in [2.24, 2.45) is 17.8 Å². The maximum Gasteiger partial charge on any atom is 0.119 e. The van der Waals surface area contributed by atoms with Crippen molar-refractivity contribution in [1.29, 1.82) is 0 Å². The SMILES string of the molecule is CCCCCOc1ccc(C(CC2CC=CCC2)C2CCC(CCCC)CC2)cc1. The summed E-state index contributed by atoms with van der Waals surface area (Å²) in [5.74, 6) is 4.55. The van der Waals surface area contributed by atoms with Gasteiger partial charge in [-0.25, -0.2) is 0 Å². The average molecular weight is 411 g/mol. The van der Waals surface area contributed by atoms with Crippen molar-refractivity contribution < 1.29 is 4.74 Å². The van der Waals surface area contributed by atoms with E-state index in [1.165, 1.54) is 83.5 Å². The van der Waals surface area contributed by atoms with Crippen LogP contribution in [0.25, 0.3) is 0 Å². The van der Waals surface area contributed by atoms with Crippen molar-refractivity contribution in [3.05, 3.63) is 42.0 Å². The zero-order valence-electron chi connectivity index (χ0n) is 19.8. The van der Waals surface area contributed by atoms with Crippen LogP contribution in [0.4, 0.5) is 0 Å². The lowest BCUT2D eigenvalue weighted by atomic mass is 9.69. The van der Waals surface area contributed by atoms with E-state index >= 15 is 0 Å². The Bertz CT molecular complexity index is 593. The van der Waals surface area contributed by atoms with Crippen LogP contribution in [0.5, 0.6) is 5.75 Å². The van der Waals surface area contributed by atoms with E-state index < -0.39 is 0 Å². The molecule has 1 aromatic carbocycles. The Kier molecular flexibility index (Phi) is 10.3. The Hall–Kier alpha value is -1.24. The van der Waals surface area contributed by atoms with E-state index in [0.717, 1.165) is 42.4 Å². The second-order valence-corrected chi connectivity index (χ2v) is 10.0. The third-order valence-corrected chi connectivity index (χ3v) is 7.72. The second kappa shape index (κ2) is 13.2. The molecule has 0 amide bonds. The molecule has 1 heteroatoms. The number of hydrogen-bond donors (Lipinski definition) is 0. The van der Waals surface area contributed by atoms with Crippen LogP contribution < -0.4 is 4.74 Å². The molecule has 1 aromatic rings. The summed E-state index contributed by atoms with van der Waals surface area (Å²) in [5.41, 5.74) is 1.57. The van der Waals surface area contributed by atoms with Gasteiger partial charge in [0.25, 0.3) is 0 Å². The molecule has 0 N–H and O–H groups in total. The lowest BCUT2D eigenvalue weighted by molar-refractivity contribution is 0.210. The van der Waals surface area contributed by atoms with E-state index in [2.05, 4.69) is 50.3 Å². The highest BCUT2D eigenvalue weighted by atomic mass is 16.5. The standard InChI is InChI=1S/C29H46O/c1-3-5-10-22-30-28-20-18-27(19-21-28)29(23-25-12-8-7-9-13-25)26-16-14-24(15-17-26)11-6-4-2/h7-8,18-21,24-26,29H,3-6,9-17,22-23H2,1-2H3. The van der Waals surface area contributed by atoms with E-state index in [9.17, 15) is 0 Å². The molecular weight excluding hydrogens is 364 g/mol. The third kappa shape index (κ3) is 7.47. The first-order chi connectivity index (χ1) is 14.8. The average Bonchev–Trinajstić information content (AvgIpc) is 2.81. The maximum absolute atomic E-state index is 5.98. The molecule has 0 saturated heterocycles. The fourth-order valence-electron chi connectivity index (χ4n) is 5.76. The number of unbranched alkanes of at least 4 members (excludes halogenated alkanes) is 3. The molecule has 0 aliphatic heterocycles. The molecule has 168 valence electrons. The minimum absolute atomic E-state index is 0.739. The van der Waals surface area contributed by atoms with Gasteiger partial charge in [0, 0.05) is 0 Å². The van der Waals surface area contributed by atoms with Crippen LogP contribution in [0.2, 0.25) is 0 Å². The van der Waals surface area contributed by atoms with Crippen molar-refractivity contribution in [3.8, 4) is 5.75 Å². The Morgan fingerprint density at radius 3 is 2.27 bits per heavy atom. The predicted molar refractivity (Wildman–Crippen MR) is 130 cm³/mol. The smallest absolute Gasteiger partial charge is 0.119 e. The van der Waals surface area contributed by atoms with Crippen molar-refractivity contribution in [2.75, 3.05) is 6.61 Å². The number of hydrogen-bond acceptors (Lipinski definition) is 1. The van der Waals surface area contributed by atoms with Crippen LogP contribution in [0.15, 0.2) is 36.4 Å². The first kappa shape index (κ1) is 23.4. The van der Waals surface area contributed by atoms with Crippen LogP contribution in [0, 0.1) is 17.8 Å². The lowest BCUT2D eigenvalue weighted by Crippen LogP contribution is -2.23. The van der Waals surface area contributed by atoms with E-state index in [1.807, 2.05) is 0 Å². The molecule has 2 atom stereocenters. The molecule has 1 fully saturated rings. The summed E-state index contributed by atoms with van der Waals surface area (Å²) in [6, 6.07) is 9.26. The van der Waals surface area contributed by atoms with E-state index in [1.54, 1.807) is 5.56 Å². The molecule has 2 aliphatic rings. The molecule has 0 radical (unpaired) electrons. The minimum Gasteiger partial charge on any atom is -0.494 e. The molecular formula is C29H46O. The molecule has 30 heavy (non-hydrogen) atoms. The Morgan fingerprint density at radius 2 is 1.60 bits per heavy atom. The molecule has 0 heterocycles. The van der Waals surface area contributed by atoms with Gasteiger partial charge in [-0.3, -0.25) is 0 Å². The lowest BCUT2D eigenvalue weighted by Gasteiger charge is -2.36. The monoisotopic (exact) mass is 410 g/mol. The van der Waals surface area contributed by atoms with Crippen LogP contribution in [-0.4, -0.2) is 6.61 Å². The van der Waals surface area contributed by atoms with E-state index in [-0.39, 0.29) is 0 Å². The van der Waals surface area contributed by atoms with Gasteiger partial charge in [-0.05, 0) is 86.3 Å². The van der Waals surface area contributed by atoms with Gasteiger partial charge in [0.15, 0.2) is 0 Å². The van der Waals surface area contributed by atoms with Gasteiger partial charge in [0.1, 0.15) is 5.75 Å². The summed E-state index contributed by atoms with van der Waals surface area (Å²) < 4.78 is 5.98. The zero-order valence-corrected chi connectivity index (χ0v) is 19.8. The Balaban J connectivity index is 1.61. The molecule has 3 rings (SSSR count). The van der Waals surface area contributed by atoms with Crippen LogP contribution in [0.3, 0.4) is 0 Å². The normalized spacial score (nSPS) is 25.2. The molecule has 1 nitrogen and oxygen atoms in total.